The number of carbonyl (C=O) groups is 2. The van der Waals surface area contributed by atoms with Crippen LogP contribution in [0.25, 0.3) is 0 Å². The fourth-order valence-electron chi connectivity index (χ4n) is 2.52. The maximum atomic E-state index is 12.1. The molecule has 98 valence electrons. The number of hydrogen-bond donors (Lipinski definition) is 2. The van der Waals surface area contributed by atoms with Gasteiger partial charge in [-0.25, -0.2) is 0 Å². The summed E-state index contributed by atoms with van der Waals surface area (Å²) in [6.07, 6.45) is 5.84. The first-order valence-corrected chi connectivity index (χ1v) is 6.20. The molecule has 1 aliphatic rings. The minimum Gasteiger partial charge on any atom is -0.480 e. The van der Waals surface area contributed by atoms with Gasteiger partial charge in [-0.15, -0.1) is 0 Å². The quantitative estimate of drug-likeness (QED) is 0.853. The molecule has 0 unspecified atom stereocenters. The average molecular weight is 250 g/mol. The highest BCUT2D eigenvalue weighted by atomic mass is 16.4. The number of carboxylic acid groups (broad SMARTS) is 1. The molecule has 1 fully saturated rings. The second-order valence-corrected chi connectivity index (χ2v) is 5.14. The Kier molecular flexibility index (Phi) is 3.41. The zero-order valence-corrected chi connectivity index (χ0v) is 10.5. The fourth-order valence-corrected chi connectivity index (χ4v) is 2.52. The smallest absolute Gasteiger partial charge is 0.323 e. The van der Waals surface area contributed by atoms with Crippen molar-refractivity contribution in [2.24, 2.45) is 0 Å². The largest absolute Gasteiger partial charge is 0.480 e. The zero-order chi connectivity index (χ0) is 13.2. The molecule has 1 amide bonds. The van der Waals surface area contributed by atoms with E-state index >= 15 is 0 Å². The Labute approximate surface area is 106 Å². The number of rotatable bonds is 4. The van der Waals surface area contributed by atoms with E-state index in [2.05, 4.69) is 5.32 Å². The number of nitrogens with one attached hydrogen (secondary N) is 1. The van der Waals surface area contributed by atoms with Crippen LogP contribution in [-0.2, 0) is 11.3 Å². The first kappa shape index (κ1) is 12.7. The van der Waals surface area contributed by atoms with Gasteiger partial charge in [-0.1, -0.05) is 12.8 Å². The van der Waals surface area contributed by atoms with E-state index in [0.29, 0.717) is 5.69 Å². The summed E-state index contributed by atoms with van der Waals surface area (Å²) < 4.78 is 1.45. The van der Waals surface area contributed by atoms with E-state index < -0.39 is 5.97 Å². The number of carboxylic acids is 1. The topological polar surface area (TPSA) is 71.3 Å². The fraction of sp³-hybridized carbons (Fsp3) is 0.538. The van der Waals surface area contributed by atoms with Crippen molar-refractivity contribution in [1.29, 1.82) is 0 Å². The zero-order valence-electron chi connectivity index (χ0n) is 10.5. The van der Waals surface area contributed by atoms with Gasteiger partial charge < -0.3 is 15.0 Å². The first-order chi connectivity index (χ1) is 8.50. The lowest BCUT2D eigenvalue weighted by molar-refractivity contribution is -0.137. The number of carbonyl (C=O) groups excluding carboxylic acids is 1. The average Bonchev–Trinajstić information content (AvgIpc) is 2.86. The summed E-state index contributed by atoms with van der Waals surface area (Å²) in [5.41, 5.74) is 0.264. The highest BCUT2D eigenvalue weighted by Crippen LogP contribution is 2.29. The Hall–Kier alpha value is -1.78. The third-order valence-electron chi connectivity index (χ3n) is 3.49. The molecule has 0 atom stereocenters. The van der Waals surface area contributed by atoms with Gasteiger partial charge in [0.1, 0.15) is 12.2 Å². The van der Waals surface area contributed by atoms with Crippen LogP contribution in [0.3, 0.4) is 0 Å². The van der Waals surface area contributed by atoms with E-state index in [-0.39, 0.29) is 18.0 Å². The summed E-state index contributed by atoms with van der Waals surface area (Å²) in [6, 6.07) is 3.34. The molecule has 0 aromatic carbocycles. The van der Waals surface area contributed by atoms with Crippen LogP contribution >= 0.6 is 0 Å². The number of nitrogens with zero attached hydrogens (tertiary/aromatic N) is 1. The predicted octanol–water partition coefficient (Wildman–Crippen LogP) is 1.64. The molecule has 1 heterocycles. The van der Waals surface area contributed by atoms with Crippen LogP contribution in [0, 0.1) is 0 Å². The molecule has 0 aliphatic heterocycles. The molecule has 5 nitrogen and oxygen atoms in total. The summed E-state index contributed by atoms with van der Waals surface area (Å²) in [4.78, 5) is 22.8. The molecule has 0 spiro atoms. The normalized spacial score (nSPS) is 17.6. The highest BCUT2D eigenvalue weighted by molar-refractivity contribution is 5.93. The number of aromatic nitrogens is 1. The standard InChI is InChI=1S/C13H18N2O3/c1-13(6-2-3-7-13)14-12(18)10-5-4-8-15(10)9-11(16)17/h4-5,8H,2-3,6-7,9H2,1H3,(H,14,18)(H,16,17). The predicted molar refractivity (Wildman–Crippen MR) is 66.4 cm³/mol. The molecule has 1 aliphatic carbocycles. The minimum absolute atomic E-state index is 0.143. The van der Waals surface area contributed by atoms with Crippen LogP contribution < -0.4 is 5.32 Å². The summed E-state index contributed by atoms with van der Waals surface area (Å²) >= 11 is 0. The van der Waals surface area contributed by atoms with Gasteiger partial charge in [0.15, 0.2) is 0 Å². The van der Waals surface area contributed by atoms with E-state index in [0.717, 1.165) is 25.7 Å². The van der Waals surface area contributed by atoms with Crippen LogP contribution in [-0.4, -0.2) is 27.1 Å². The highest BCUT2D eigenvalue weighted by Gasteiger charge is 2.31. The number of hydrogen-bond acceptors (Lipinski definition) is 2. The van der Waals surface area contributed by atoms with Crippen LogP contribution in [0.4, 0.5) is 0 Å². The molecular weight excluding hydrogens is 232 g/mol. The molecule has 0 bridgehead atoms. The first-order valence-electron chi connectivity index (χ1n) is 6.20. The van der Waals surface area contributed by atoms with Gasteiger partial charge in [0.25, 0.3) is 5.91 Å². The molecule has 1 aromatic rings. The van der Waals surface area contributed by atoms with E-state index in [4.69, 9.17) is 5.11 Å². The molecule has 1 aromatic heterocycles. The van der Waals surface area contributed by atoms with Crippen molar-refractivity contribution < 1.29 is 14.7 Å². The van der Waals surface area contributed by atoms with Crippen LogP contribution in [0.5, 0.6) is 0 Å². The van der Waals surface area contributed by atoms with Crippen LogP contribution in [0.1, 0.15) is 43.1 Å². The van der Waals surface area contributed by atoms with Crippen molar-refractivity contribution in [2.45, 2.75) is 44.7 Å². The molecule has 2 rings (SSSR count). The lowest BCUT2D eigenvalue weighted by Gasteiger charge is -2.25. The van der Waals surface area contributed by atoms with Crippen molar-refractivity contribution in [1.82, 2.24) is 9.88 Å². The monoisotopic (exact) mass is 250 g/mol. The molecule has 18 heavy (non-hydrogen) atoms. The van der Waals surface area contributed by atoms with E-state index in [9.17, 15) is 9.59 Å². The maximum absolute atomic E-state index is 12.1. The summed E-state index contributed by atoms with van der Waals surface area (Å²) in [5, 5.41) is 11.8. The van der Waals surface area contributed by atoms with Gasteiger partial charge >= 0.3 is 5.97 Å². The third kappa shape index (κ3) is 2.72. The Morgan fingerprint density at radius 1 is 1.44 bits per heavy atom. The van der Waals surface area contributed by atoms with Crippen molar-refractivity contribution in [2.75, 3.05) is 0 Å². The number of aliphatic carboxylic acids is 1. The van der Waals surface area contributed by atoms with Gasteiger partial charge in [0, 0.05) is 11.7 Å². The van der Waals surface area contributed by atoms with E-state index in [1.807, 2.05) is 6.92 Å². The van der Waals surface area contributed by atoms with Gasteiger partial charge in [0.05, 0.1) is 0 Å². The molecule has 0 saturated heterocycles. The van der Waals surface area contributed by atoms with Crippen molar-refractivity contribution >= 4 is 11.9 Å². The Morgan fingerprint density at radius 3 is 2.72 bits per heavy atom. The van der Waals surface area contributed by atoms with Crippen molar-refractivity contribution in [3.05, 3.63) is 24.0 Å². The van der Waals surface area contributed by atoms with Crippen LogP contribution in [0.15, 0.2) is 18.3 Å². The van der Waals surface area contributed by atoms with E-state index in [1.54, 1.807) is 18.3 Å². The minimum atomic E-state index is -0.952. The molecular formula is C13H18N2O3. The third-order valence-corrected chi connectivity index (χ3v) is 3.49. The molecule has 1 saturated carbocycles. The second-order valence-electron chi connectivity index (χ2n) is 5.14. The Balaban J connectivity index is 2.09. The van der Waals surface area contributed by atoms with Gasteiger partial charge in [-0.3, -0.25) is 9.59 Å². The summed E-state index contributed by atoms with van der Waals surface area (Å²) in [5.74, 6) is -1.14. The van der Waals surface area contributed by atoms with Crippen molar-refractivity contribution in [3.8, 4) is 0 Å². The lowest BCUT2D eigenvalue weighted by atomic mass is 10.0. The molecule has 0 radical (unpaired) electrons. The van der Waals surface area contributed by atoms with Gasteiger partial charge in [0.2, 0.25) is 0 Å². The lowest BCUT2D eigenvalue weighted by Crippen LogP contribution is -2.44. The SMILES string of the molecule is CC1(NC(=O)c2cccn2CC(=O)O)CCCC1. The summed E-state index contributed by atoms with van der Waals surface area (Å²) in [7, 11) is 0. The molecule has 2 N–H and O–H groups in total. The summed E-state index contributed by atoms with van der Waals surface area (Å²) in [6.45, 7) is 1.86. The Bertz CT molecular complexity index is 459. The Morgan fingerprint density at radius 2 is 2.11 bits per heavy atom. The van der Waals surface area contributed by atoms with E-state index in [1.165, 1.54) is 4.57 Å². The molecule has 5 heteroatoms. The van der Waals surface area contributed by atoms with Gasteiger partial charge in [-0.2, -0.15) is 0 Å². The van der Waals surface area contributed by atoms with Gasteiger partial charge in [-0.05, 0) is 31.9 Å². The van der Waals surface area contributed by atoms with Crippen molar-refractivity contribution in [3.63, 3.8) is 0 Å². The maximum Gasteiger partial charge on any atom is 0.323 e. The van der Waals surface area contributed by atoms with Crippen LogP contribution in [0.2, 0.25) is 0 Å². The number of amides is 1. The second kappa shape index (κ2) is 4.84.